The van der Waals surface area contributed by atoms with Crippen molar-refractivity contribution in [3.8, 4) is 0 Å². The molecule has 1 aliphatic carbocycles. The fourth-order valence-corrected chi connectivity index (χ4v) is 4.89. The number of thiocarbonyl (C=S) groups is 1. The summed E-state index contributed by atoms with van der Waals surface area (Å²) in [6.45, 7) is 2.20. The maximum absolute atomic E-state index is 12.1. The zero-order valence-electron chi connectivity index (χ0n) is 14.5. The maximum Gasteiger partial charge on any atom is 0.251 e. The normalized spacial score (nSPS) is 15.8. The van der Waals surface area contributed by atoms with Gasteiger partial charge in [0.1, 0.15) is 5.00 Å². The third-order valence-corrected chi connectivity index (χ3v) is 5.82. The number of anilines is 1. The Morgan fingerprint density at radius 2 is 2.04 bits per heavy atom. The Hall–Kier alpha value is -2.25. The first-order valence-corrected chi connectivity index (χ1v) is 9.75. The zero-order chi connectivity index (χ0) is 18.7. The number of primary amides is 1. The summed E-state index contributed by atoms with van der Waals surface area (Å²) >= 11 is 6.75. The Balaban J connectivity index is 1.69. The lowest BCUT2D eigenvalue weighted by molar-refractivity contribution is -0.119. The summed E-state index contributed by atoms with van der Waals surface area (Å²) in [4.78, 5) is 25.3. The first-order valence-electron chi connectivity index (χ1n) is 8.53. The van der Waals surface area contributed by atoms with Gasteiger partial charge in [0.05, 0.1) is 12.0 Å². The standard InChI is InChI=1S/C19H21N3O2S2/c1-11-7-8-13-14(9-11)26-18(16(13)17(20)24)22-19(25)21-15(23)10-12-5-3-2-4-6-12/h2-6,11H,7-10H2,1H3,(H2,20,24)(H2,21,22,23,25)/t11-/m0/s1. The molecule has 0 saturated carbocycles. The number of benzene rings is 1. The summed E-state index contributed by atoms with van der Waals surface area (Å²) in [6.07, 6.45) is 3.07. The van der Waals surface area contributed by atoms with Crippen molar-refractivity contribution in [3.05, 3.63) is 51.9 Å². The third kappa shape index (κ3) is 4.28. The SMILES string of the molecule is C[C@H]1CCc2c(sc(NC(=S)NC(=O)Cc3ccccc3)c2C(N)=O)C1. The van der Waals surface area contributed by atoms with E-state index >= 15 is 0 Å². The quantitative estimate of drug-likeness (QED) is 0.704. The van der Waals surface area contributed by atoms with E-state index in [-0.39, 0.29) is 17.4 Å². The van der Waals surface area contributed by atoms with Gasteiger partial charge in [0.2, 0.25) is 5.91 Å². The van der Waals surface area contributed by atoms with Crippen LogP contribution in [0.2, 0.25) is 0 Å². The molecule has 0 saturated heterocycles. The van der Waals surface area contributed by atoms with E-state index in [1.807, 2.05) is 30.3 Å². The van der Waals surface area contributed by atoms with E-state index in [1.54, 1.807) is 0 Å². The lowest BCUT2D eigenvalue weighted by Gasteiger charge is -2.18. The topological polar surface area (TPSA) is 84.2 Å². The molecule has 136 valence electrons. The highest BCUT2D eigenvalue weighted by Gasteiger charge is 2.26. The third-order valence-electron chi connectivity index (χ3n) is 4.45. The summed E-state index contributed by atoms with van der Waals surface area (Å²) < 4.78 is 0. The monoisotopic (exact) mass is 387 g/mol. The van der Waals surface area contributed by atoms with E-state index in [9.17, 15) is 9.59 Å². The van der Waals surface area contributed by atoms with E-state index < -0.39 is 5.91 Å². The van der Waals surface area contributed by atoms with Crippen LogP contribution in [-0.4, -0.2) is 16.9 Å². The number of amides is 2. The predicted octanol–water partition coefficient (Wildman–Crippen LogP) is 3.03. The van der Waals surface area contributed by atoms with E-state index in [1.165, 1.54) is 16.2 Å². The zero-order valence-corrected chi connectivity index (χ0v) is 16.1. The molecule has 4 N–H and O–H groups in total. The van der Waals surface area contributed by atoms with Crippen LogP contribution in [-0.2, 0) is 24.1 Å². The van der Waals surface area contributed by atoms with Crippen LogP contribution < -0.4 is 16.4 Å². The van der Waals surface area contributed by atoms with Gasteiger partial charge in [-0.3, -0.25) is 9.59 Å². The van der Waals surface area contributed by atoms with Gasteiger partial charge in [-0.2, -0.15) is 0 Å². The van der Waals surface area contributed by atoms with Crippen LogP contribution in [0.4, 0.5) is 5.00 Å². The van der Waals surface area contributed by atoms with Crippen molar-refractivity contribution >= 4 is 45.5 Å². The fraction of sp³-hybridized carbons (Fsp3) is 0.316. The Morgan fingerprint density at radius 3 is 2.73 bits per heavy atom. The van der Waals surface area contributed by atoms with Gasteiger partial charge in [0.15, 0.2) is 5.11 Å². The molecule has 2 aromatic rings. The number of fused-ring (bicyclic) bond motifs is 1. The number of nitrogens with one attached hydrogen (secondary N) is 2. The van der Waals surface area contributed by atoms with Crippen LogP contribution in [0.1, 0.15) is 39.7 Å². The molecule has 1 atom stereocenters. The fourth-order valence-electron chi connectivity index (χ4n) is 3.19. The van der Waals surface area contributed by atoms with Crippen molar-refractivity contribution in [3.63, 3.8) is 0 Å². The van der Waals surface area contributed by atoms with Crippen molar-refractivity contribution in [2.75, 3.05) is 5.32 Å². The number of nitrogens with two attached hydrogens (primary N) is 1. The average molecular weight is 388 g/mol. The van der Waals surface area contributed by atoms with Crippen LogP contribution >= 0.6 is 23.6 Å². The summed E-state index contributed by atoms with van der Waals surface area (Å²) in [5.74, 6) is -0.0746. The molecule has 1 aromatic heterocycles. The number of rotatable bonds is 4. The second kappa shape index (κ2) is 7.97. The lowest BCUT2D eigenvalue weighted by Crippen LogP contribution is -2.35. The molecule has 3 rings (SSSR count). The number of hydrogen-bond acceptors (Lipinski definition) is 4. The van der Waals surface area contributed by atoms with Gasteiger partial charge >= 0.3 is 0 Å². The summed E-state index contributed by atoms with van der Waals surface area (Å²) in [5.41, 5.74) is 8.04. The summed E-state index contributed by atoms with van der Waals surface area (Å²) in [5, 5.41) is 6.47. The molecule has 1 aliphatic rings. The van der Waals surface area contributed by atoms with Crippen molar-refractivity contribution in [2.45, 2.75) is 32.6 Å². The minimum Gasteiger partial charge on any atom is -0.365 e. The Morgan fingerprint density at radius 1 is 1.31 bits per heavy atom. The van der Waals surface area contributed by atoms with Crippen molar-refractivity contribution < 1.29 is 9.59 Å². The molecule has 7 heteroatoms. The van der Waals surface area contributed by atoms with Crippen LogP contribution in [0.5, 0.6) is 0 Å². The summed E-state index contributed by atoms with van der Waals surface area (Å²) in [6, 6.07) is 9.44. The molecule has 1 heterocycles. The van der Waals surface area contributed by atoms with Crippen molar-refractivity contribution in [1.29, 1.82) is 0 Å². The lowest BCUT2D eigenvalue weighted by atomic mass is 9.88. The second-order valence-electron chi connectivity index (χ2n) is 6.58. The minimum atomic E-state index is -0.460. The van der Waals surface area contributed by atoms with Gasteiger partial charge in [-0.1, -0.05) is 37.3 Å². The number of carbonyl (C=O) groups is 2. The molecule has 0 bridgehead atoms. The highest BCUT2D eigenvalue weighted by molar-refractivity contribution is 7.80. The molecule has 5 nitrogen and oxygen atoms in total. The molecular formula is C19H21N3O2S2. The van der Waals surface area contributed by atoms with E-state index in [0.29, 0.717) is 16.5 Å². The maximum atomic E-state index is 12.1. The summed E-state index contributed by atoms with van der Waals surface area (Å²) in [7, 11) is 0. The molecule has 0 aliphatic heterocycles. The largest absolute Gasteiger partial charge is 0.365 e. The molecule has 0 radical (unpaired) electrons. The molecule has 0 unspecified atom stereocenters. The van der Waals surface area contributed by atoms with Gasteiger partial charge in [-0.05, 0) is 48.5 Å². The van der Waals surface area contributed by atoms with E-state index in [4.69, 9.17) is 18.0 Å². The Labute approximate surface area is 162 Å². The Bertz CT molecular complexity index is 846. The van der Waals surface area contributed by atoms with Crippen LogP contribution in [0.15, 0.2) is 30.3 Å². The van der Waals surface area contributed by atoms with Crippen molar-refractivity contribution in [2.24, 2.45) is 11.7 Å². The van der Waals surface area contributed by atoms with E-state index in [2.05, 4.69) is 17.6 Å². The average Bonchev–Trinajstić information content (AvgIpc) is 2.92. The van der Waals surface area contributed by atoms with Gasteiger partial charge in [-0.25, -0.2) is 0 Å². The molecule has 2 amide bonds. The van der Waals surface area contributed by atoms with Crippen molar-refractivity contribution in [1.82, 2.24) is 5.32 Å². The number of thiophene rings is 1. The van der Waals surface area contributed by atoms with Crippen LogP contribution in [0.3, 0.4) is 0 Å². The van der Waals surface area contributed by atoms with Gasteiger partial charge in [-0.15, -0.1) is 11.3 Å². The first-order chi connectivity index (χ1) is 12.4. The minimum absolute atomic E-state index is 0.181. The first kappa shape index (κ1) is 18.5. The second-order valence-corrected chi connectivity index (χ2v) is 8.10. The van der Waals surface area contributed by atoms with Gasteiger partial charge < -0.3 is 16.4 Å². The number of carbonyl (C=O) groups excluding carboxylic acids is 2. The molecular weight excluding hydrogens is 366 g/mol. The predicted molar refractivity (Wildman–Crippen MR) is 109 cm³/mol. The van der Waals surface area contributed by atoms with Gasteiger partial charge in [0, 0.05) is 4.88 Å². The molecule has 0 fully saturated rings. The van der Waals surface area contributed by atoms with Crippen LogP contribution in [0, 0.1) is 5.92 Å². The smallest absolute Gasteiger partial charge is 0.251 e. The molecule has 1 aromatic carbocycles. The number of hydrogen-bond donors (Lipinski definition) is 3. The van der Waals surface area contributed by atoms with Crippen LogP contribution in [0.25, 0.3) is 0 Å². The highest BCUT2D eigenvalue weighted by atomic mass is 32.1. The van der Waals surface area contributed by atoms with E-state index in [0.717, 1.165) is 30.4 Å². The Kier molecular flexibility index (Phi) is 5.68. The van der Waals surface area contributed by atoms with Gasteiger partial charge in [0.25, 0.3) is 5.91 Å². The molecule has 0 spiro atoms. The molecule has 26 heavy (non-hydrogen) atoms. The highest BCUT2D eigenvalue weighted by Crippen LogP contribution is 2.39.